The largest absolute Gasteiger partial charge is 0.357 e. The van der Waals surface area contributed by atoms with E-state index in [9.17, 15) is 8.42 Å². The second-order valence-corrected chi connectivity index (χ2v) is 9.10. The Kier molecular flexibility index (Phi) is 7.73. The van der Waals surface area contributed by atoms with Crippen molar-refractivity contribution < 1.29 is 8.42 Å². The average Bonchev–Trinajstić information content (AvgIpc) is 3.40. The highest BCUT2D eigenvalue weighted by Crippen LogP contribution is 2.48. The molecule has 1 aromatic carbocycles. The zero-order chi connectivity index (χ0) is 19.0. The Hall–Kier alpha value is -1.31. The zero-order valence-electron chi connectivity index (χ0n) is 15.5. The molecule has 0 aliphatic heterocycles. The number of hydrogen-bond acceptors (Lipinski definition) is 3. The quantitative estimate of drug-likeness (QED) is 0.319. The van der Waals surface area contributed by atoms with Crippen molar-refractivity contribution >= 4 is 27.6 Å². The molecule has 0 saturated heterocycles. The van der Waals surface area contributed by atoms with E-state index in [4.69, 9.17) is 16.6 Å². The molecule has 1 aliphatic carbocycles. The summed E-state index contributed by atoms with van der Waals surface area (Å²) < 4.78 is 25.4. The predicted molar refractivity (Wildman–Crippen MR) is 108 cm³/mol. The summed E-state index contributed by atoms with van der Waals surface area (Å²) in [6, 6.07) is 8.03. The highest BCUT2D eigenvalue weighted by molar-refractivity contribution is 7.89. The third-order valence-corrected chi connectivity index (χ3v) is 6.16. The molecular formula is C18H29ClN4O2S. The number of guanidine groups is 1. The summed E-state index contributed by atoms with van der Waals surface area (Å²) in [5.41, 5.74) is 1.35. The normalized spacial score (nSPS) is 16.3. The van der Waals surface area contributed by atoms with Gasteiger partial charge in [0.1, 0.15) is 0 Å². The molecule has 6 nitrogen and oxygen atoms in total. The zero-order valence-corrected chi connectivity index (χ0v) is 17.1. The molecule has 0 amide bonds. The number of benzene rings is 1. The Morgan fingerprint density at radius 1 is 1.23 bits per heavy atom. The number of sulfonamides is 1. The Labute approximate surface area is 161 Å². The van der Waals surface area contributed by atoms with Crippen LogP contribution in [0.25, 0.3) is 0 Å². The molecule has 146 valence electrons. The Morgan fingerprint density at radius 2 is 2.00 bits per heavy atom. The van der Waals surface area contributed by atoms with Crippen LogP contribution in [0.2, 0.25) is 5.02 Å². The van der Waals surface area contributed by atoms with E-state index in [1.807, 2.05) is 25.1 Å². The van der Waals surface area contributed by atoms with E-state index in [0.29, 0.717) is 26.1 Å². The highest BCUT2D eigenvalue weighted by Gasteiger charge is 2.44. The van der Waals surface area contributed by atoms with Gasteiger partial charge in [-0.2, -0.15) is 0 Å². The SMILES string of the molecule is CCNC(=NCC1(c2cccc(Cl)c2)CC1)NCCCNS(=O)(=O)CC. The minimum Gasteiger partial charge on any atom is -0.357 e. The Bertz CT molecular complexity index is 718. The lowest BCUT2D eigenvalue weighted by atomic mass is 9.96. The first-order valence-corrected chi connectivity index (χ1v) is 11.2. The van der Waals surface area contributed by atoms with Crippen molar-refractivity contribution in [2.75, 3.05) is 31.9 Å². The van der Waals surface area contributed by atoms with E-state index < -0.39 is 10.0 Å². The summed E-state index contributed by atoms with van der Waals surface area (Å²) in [5.74, 6) is 0.870. The van der Waals surface area contributed by atoms with E-state index in [1.165, 1.54) is 5.56 Å². The number of aliphatic imine (C=N–C) groups is 1. The fourth-order valence-electron chi connectivity index (χ4n) is 2.70. The fraction of sp³-hybridized carbons (Fsp3) is 0.611. The molecule has 0 aromatic heterocycles. The Balaban J connectivity index is 1.85. The van der Waals surface area contributed by atoms with Gasteiger partial charge in [0.2, 0.25) is 10.0 Å². The first-order chi connectivity index (χ1) is 12.4. The molecule has 8 heteroatoms. The molecule has 2 rings (SSSR count). The molecule has 0 atom stereocenters. The van der Waals surface area contributed by atoms with Crippen molar-refractivity contribution in [1.82, 2.24) is 15.4 Å². The van der Waals surface area contributed by atoms with Crippen molar-refractivity contribution in [2.24, 2.45) is 4.99 Å². The van der Waals surface area contributed by atoms with Crippen LogP contribution in [0.4, 0.5) is 0 Å². The number of hydrogen-bond donors (Lipinski definition) is 3. The van der Waals surface area contributed by atoms with Gasteiger partial charge in [-0.05, 0) is 50.8 Å². The van der Waals surface area contributed by atoms with Gasteiger partial charge in [0.25, 0.3) is 0 Å². The fourth-order valence-corrected chi connectivity index (χ4v) is 3.55. The maximum absolute atomic E-state index is 11.4. The Morgan fingerprint density at radius 3 is 2.62 bits per heavy atom. The molecule has 0 heterocycles. The second kappa shape index (κ2) is 9.58. The lowest BCUT2D eigenvalue weighted by molar-refractivity contribution is 0.579. The summed E-state index contributed by atoms with van der Waals surface area (Å²) in [6.07, 6.45) is 2.94. The van der Waals surface area contributed by atoms with E-state index in [0.717, 1.165) is 30.4 Å². The molecule has 1 aliphatic rings. The smallest absolute Gasteiger partial charge is 0.211 e. The van der Waals surface area contributed by atoms with E-state index in [-0.39, 0.29) is 11.2 Å². The molecule has 1 aromatic rings. The lowest BCUT2D eigenvalue weighted by Gasteiger charge is -2.16. The van der Waals surface area contributed by atoms with Crippen molar-refractivity contribution in [3.8, 4) is 0 Å². The third-order valence-electron chi connectivity index (χ3n) is 4.52. The number of nitrogens with zero attached hydrogens (tertiary/aromatic N) is 1. The maximum atomic E-state index is 11.4. The topological polar surface area (TPSA) is 82.6 Å². The van der Waals surface area contributed by atoms with Gasteiger partial charge in [0.15, 0.2) is 5.96 Å². The van der Waals surface area contributed by atoms with Gasteiger partial charge in [-0.25, -0.2) is 13.1 Å². The van der Waals surface area contributed by atoms with Gasteiger partial charge >= 0.3 is 0 Å². The number of nitrogens with one attached hydrogen (secondary N) is 3. The van der Waals surface area contributed by atoms with Crippen molar-refractivity contribution in [2.45, 2.75) is 38.5 Å². The summed E-state index contributed by atoms with van der Waals surface area (Å²) in [5, 5.41) is 7.27. The van der Waals surface area contributed by atoms with Crippen LogP contribution in [0.1, 0.15) is 38.7 Å². The molecule has 0 bridgehead atoms. The summed E-state index contributed by atoms with van der Waals surface area (Å²) in [6.45, 7) is 6.22. The van der Waals surface area contributed by atoms with Crippen LogP contribution < -0.4 is 15.4 Å². The maximum Gasteiger partial charge on any atom is 0.211 e. The van der Waals surface area contributed by atoms with Crippen LogP contribution in [-0.4, -0.2) is 46.3 Å². The molecule has 3 N–H and O–H groups in total. The molecule has 1 saturated carbocycles. The summed E-state index contributed by atoms with van der Waals surface area (Å²) >= 11 is 6.12. The number of rotatable bonds is 10. The van der Waals surface area contributed by atoms with Gasteiger partial charge in [-0.15, -0.1) is 0 Å². The molecular weight excluding hydrogens is 372 g/mol. The van der Waals surface area contributed by atoms with Gasteiger partial charge in [-0.3, -0.25) is 4.99 Å². The summed E-state index contributed by atoms with van der Waals surface area (Å²) in [7, 11) is -3.12. The predicted octanol–water partition coefficient (Wildman–Crippen LogP) is 2.26. The minimum absolute atomic E-state index is 0.101. The standard InChI is InChI=1S/C18H29ClN4O2S/c1-3-20-17(21-11-6-12-23-26(24,25)4-2)22-14-18(9-10-18)15-7-5-8-16(19)13-15/h5,7-8,13,23H,3-4,6,9-12,14H2,1-2H3,(H2,20,21,22). The minimum atomic E-state index is -3.12. The first kappa shape index (κ1) is 21.0. The van der Waals surface area contributed by atoms with Crippen LogP contribution in [0.5, 0.6) is 0 Å². The molecule has 0 spiro atoms. The van der Waals surface area contributed by atoms with Crippen LogP contribution >= 0.6 is 11.6 Å². The van der Waals surface area contributed by atoms with Crippen LogP contribution in [-0.2, 0) is 15.4 Å². The second-order valence-electron chi connectivity index (χ2n) is 6.56. The highest BCUT2D eigenvalue weighted by atomic mass is 35.5. The average molecular weight is 401 g/mol. The van der Waals surface area contributed by atoms with Crippen LogP contribution in [0.15, 0.2) is 29.3 Å². The number of halogens is 1. The van der Waals surface area contributed by atoms with E-state index >= 15 is 0 Å². The van der Waals surface area contributed by atoms with Crippen LogP contribution in [0.3, 0.4) is 0 Å². The molecule has 1 fully saturated rings. The lowest BCUT2D eigenvalue weighted by Crippen LogP contribution is -2.39. The van der Waals surface area contributed by atoms with Crippen molar-refractivity contribution in [3.63, 3.8) is 0 Å². The molecule has 0 unspecified atom stereocenters. The van der Waals surface area contributed by atoms with Gasteiger partial charge in [0, 0.05) is 30.1 Å². The van der Waals surface area contributed by atoms with Gasteiger partial charge in [-0.1, -0.05) is 23.7 Å². The van der Waals surface area contributed by atoms with Crippen LogP contribution in [0, 0.1) is 0 Å². The first-order valence-electron chi connectivity index (χ1n) is 9.16. The van der Waals surface area contributed by atoms with Crippen molar-refractivity contribution in [1.29, 1.82) is 0 Å². The monoisotopic (exact) mass is 400 g/mol. The van der Waals surface area contributed by atoms with Crippen molar-refractivity contribution in [3.05, 3.63) is 34.9 Å². The van der Waals surface area contributed by atoms with E-state index in [1.54, 1.807) is 6.92 Å². The van der Waals surface area contributed by atoms with Gasteiger partial charge in [0.05, 0.1) is 12.3 Å². The van der Waals surface area contributed by atoms with Gasteiger partial charge < -0.3 is 10.6 Å². The third kappa shape index (κ3) is 6.45. The summed E-state index contributed by atoms with van der Waals surface area (Å²) in [4.78, 5) is 4.73. The molecule has 26 heavy (non-hydrogen) atoms. The molecule has 0 radical (unpaired) electrons. The van der Waals surface area contributed by atoms with E-state index in [2.05, 4.69) is 21.4 Å².